The van der Waals surface area contributed by atoms with Gasteiger partial charge in [-0.25, -0.2) is 0 Å². The molecule has 7 heteroatoms. The Labute approximate surface area is 119 Å². The topological polar surface area (TPSA) is 128 Å². The van der Waals surface area contributed by atoms with Gasteiger partial charge in [0.25, 0.3) is 0 Å². The molecule has 20 heavy (non-hydrogen) atoms. The SMILES string of the molecule is CC(C)CC(C)C(=O)NC(=N)NCCCC(N)C(=O)O. The van der Waals surface area contributed by atoms with Crippen molar-refractivity contribution in [1.82, 2.24) is 10.6 Å². The summed E-state index contributed by atoms with van der Waals surface area (Å²) in [6.45, 7) is 6.31. The Kier molecular flexibility index (Phi) is 8.54. The van der Waals surface area contributed by atoms with Crippen LogP contribution >= 0.6 is 0 Å². The Bertz CT molecular complexity index is 345. The van der Waals surface area contributed by atoms with E-state index in [1.807, 2.05) is 20.8 Å². The van der Waals surface area contributed by atoms with Crippen molar-refractivity contribution in [2.24, 2.45) is 17.6 Å². The molecule has 0 rings (SSSR count). The number of amides is 1. The first-order valence-corrected chi connectivity index (χ1v) is 6.85. The number of hydrogen-bond donors (Lipinski definition) is 5. The maximum atomic E-state index is 11.7. The van der Waals surface area contributed by atoms with Crippen molar-refractivity contribution in [2.45, 2.75) is 46.1 Å². The molecule has 0 aliphatic heterocycles. The van der Waals surface area contributed by atoms with Crippen LogP contribution in [0.3, 0.4) is 0 Å². The molecule has 0 aliphatic rings. The Morgan fingerprint density at radius 2 is 1.90 bits per heavy atom. The zero-order valence-corrected chi connectivity index (χ0v) is 12.4. The van der Waals surface area contributed by atoms with E-state index in [1.165, 1.54) is 0 Å². The van der Waals surface area contributed by atoms with E-state index in [1.54, 1.807) is 0 Å². The van der Waals surface area contributed by atoms with E-state index >= 15 is 0 Å². The summed E-state index contributed by atoms with van der Waals surface area (Å²) in [7, 11) is 0. The van der Waals surface area contributed by atoms with Crippen molar-refractivity contribution >= 4 is 17.8 Å². The van der Waals surface area contributed by atoms with E-state index in [0.717, 1.165) is 6.42 Å². The van der Waals surface area contributed by atoms with Gasteiger partial charge in [0.2, 0.25) is 5.91 Å². The average molecular weight is 286 g/mol. The van der Waals surface area contributed by atoms with E-state index in [-0.39, 0.29) is 17.8 Å². The molecule has 0 aromatic rings. The first-order valence-electron chi connectivity index (χ1n) is 6.85. The minimum atomic E-state index is -1.03. The molecule has 2 atom stereocenters. The lowest BCUT2D eigenvalue weighted by Gasteiger charge is -2.15. The zero-order valence-electron chi connectivity index (χ0n) is 12.4. The number of carbonyl (C=O) groups is 2. The highest BCUT2D eigenvalue weighted by atomic mass is 16.4. The van der Waals surface area contributed by atoms with Crippen LogP contribution in [0.25, 0.3) is 0 Å². The van der Waals surface area contributed by atoms with Crippen LogP contribution in [0.5, 0.6) is 0 Å². The second kappa shape index (κ2) is 9.30. The third-order valence-electron chi connectivity index (χ3n) is 2.83. The van der Waals surface area contributed by atoms with E-state index in [4.69, 9.17) is 16.2 Å². The van der Waals surface area contributed by atoms with E-state index in [2.05, 4.69) is 10.6 Å². The molecule has 0 saturated heterocycles. The van der Waals surface area contributed by atoms with Crippen LogP contribution in [0, 0.1) is 17.2 Å². The summed E-state index contributed by atoms with van der Waals surface area (Å²) >= 11 is 0. The van der Waals surface area contributed by atoms with Crippen molar-refractivity contribution in [1.29, 1.82) is 5.41 Å². The van der Waals surface area contributed by atoms with Gasteiger partial charge in [-0.3, -0.25) is 20.3 Å². The summed E-state index contributed by atoms with van der Waals surface area (Å²) < 4.78 is 0. The number of carbonyl (C=O) groups excluding carboxylic acids is 1. The van der Waals surface area contributed by atoms with Gasteiger partial charge in [0.05, 0.1) is 0 Å². The number of carboxylic acids is 1. The Morgan fingerprint density at radius 1 is 1.30 bits per heavy atom. The highest BCUT2D eigenvalue weighted by Crippen LogP contribution is 2.10. The van der Waals surface area contributed by atoms with Gasteiger partial charge in [0.1, 0.15) is 6.04 Å². The third-order valence-corrected chi connectivity index (χ3v) is 2.83. The van der Waals surface area contributed by atoms with Crippen molar-refractivity contribution < 1.29 is 14.7 Å². The quantitative estimate of drug-likeness (QED) is 0.252. The monoisotopic (exact) mass is 286 g/mol. The second-order valence-electron chi connectivity index (χ2n) is 5.41. The van der Waals surface area contributed by atoms with Crippen molar-refractivity contribution in [2.75, 3.05) is 6.54 Å². The molecule has 0 fully saturated rings. The van der Waals surface area contributed by atoms with E-state index in [0.29, 0.717) is 25.3 Å². The summed E-state index contributed by atoms with van der Waals surface area (Å²) in [5, 5.41) is 21.4. The van der Waals surface area contributed by atoms with Gasteiger partial charge in [-0.15, -0.1) is 0 Å². The number of nitrogens with one attached hydrogen (secondary N) is 3. The summed E-state index contributed by atoms with van der Waals surface area (Å²) in [6.07, 6.45) is 1.62. The second-order valence-corrected chi connectivity index (χ2v) is 5.41. The molecule has 0 heterocycles. The minimum absolute atomic E-state index is 0.0606. The molecular weight excluding hydrogens is 260 g/mol. The molecule has 0 aliphatic carbocycles. The first-order chi connectivity index (χ1) is 9.23. The lowest BCUT2D eigenvalue weighted by Crippen LogP contribution is -2.43. The summed E-state index contributed by atoms with van der Waals surface area (Å²) in [5.74, 6) is -0.989. The third kappa shape index (κ3) is 8.47. The van der Waals surface area contributed by atoms with Crippen molar-refractivity contribution in [3.05, 3.63) is 0 Å². The predicted molar refractivity (Wildman–Crippen MR) is 77.3 cm³/mol. The molecule has 6 N–H and O–H groups in total. The number of guanidine groups is 1. The van der Waals surface area contributed by atoms with Crippen molar-refractivity contribution in [3.8, 4) is 0 Å². The zero-order chi connectivity index (χ0) is 15.7. The van der Waals surface area contributed by atoms with Crippen LogP contribution in [0.2, 0.25) is 0 Å². The molecular formula is C13H26N4O3. The van der Waals surface area contributed by atoms with Gasteiger partial charge in [0.15, 0.2) is 5.96 Å². The number of rotatable bonds is 8. The highest BCUT2D eigenvalue weighted by molar-refractivity contribution is 5.96. The molecule has 2 unspecified atom stereocenters. The van der Waals surface area contributed by atoms with Gasteiger partial charge in [-0.1, -0.05) is 20.8 Å². The van der Waals surface area contributed by atoms with Gasteiger partial charge in [-0.05, 0) is 25.2 Å². The van der Waals surface area contributed by atoms with Crippen LogP contribution < -0.4 is 16.4 Å². The molecule has 0 spiro atoms. The molecule has 0 radical (unpaired) electrons. The minimum Gasteiger partial charge on any atom is -0.480 e. The number of hydrogen-bond acceptors (Lipinski definition) is 4. The van der Waals surface area contributed by atoms with Gasteiger partial charge < -0.3 is 16.2 Å². The van der Waals surface area contributed by atoms with Crippen molar-refractivity contribution in [3.63, 3.8) is 0 Å². The Balaban J connectivity index is 3.83. The number of aliphatic carboxylic acids is 1. The van der Waals surface area contributed by atoms with E-state index in [9.17, 15) is 9.59 Å². The lowest BCUT2D eigenvalue weighted by molar-refractivity contribution is -0.138. The molecule has 0 saturated carbocycles. The summed E-state index contributed by atoms with van der Waals surface area (Å²) in [4.78, 5) is 22.2. The fourth-order valence-corrected chi connectivity index (χ4v) is 1.76. The van der Waals surface area contributed by atoms with Crippen LogP contribution in [-0.4, -0.2) is 35.5 Å². The average Bonchev–Trinajstić information content (AvgIpc) is 2.33. The molecule has 7 nitrogen and oxygen atoms in total. The largest absolute Gasteiger partial charge is 0.480 e. The highest BCUT2D eigenvalue weighted by Gasteiger charge is 2.15. The normalized spacial score (nSPS) is 13.7. The fourth-order valence-electron chi connectivity index (χ4n) is 1.76. The molecule has 0 bridgehead atoms. The van der Waals surface area contributed by atoms with Crippen LogP contribution in [0.15, 0.2) is 0 Å². The van der Waals surface area contributed by atoms with Gasteiger partial charge >= 0.3 is 5.97 Å². The Hall–Kier alpha value is -1.63. The number of nitrogens with two attached hydrogens (primary N) is 1. The maximum absolute atomic E-state index is 11.7. The first kappa shape index (κ1) is 18.4. The van der Waals surface area contributed by atoms with Gasteiger partial charge in [0, 0.05) is 12.5 Å². The smallest absolute Gasteiger partial charge is 0.320 e. The van der Waals surface area contributed by atoms with E-state index < -0.39 is 12.0 Å². The van der Waals surface area contributed by atoms with Crippen LogP contribution in [-0.2, 0) is 9.59 Å². The number of carboxylic acid groups (broad SMARTS) is 1. The Morgan fingerprint density at radius 3 is 2.40 bits per heavy atom. The van der Waals surface area contributed by atoms with Crippen LogP contribution in [0.1, 0.15) is 40.0 Å². The molecule has 0 aromatic heterocycles. The standard InChI is InChI=1S/C13H26N4O3/c1-8(2)7-9(3)11(18)17-13(15)16-6-4-5-10(14)12(19)20/h8-10H,4-7,14H2,1-3H3,(H,19,20)(H3,15,16,17,18). The predicted octanol–water partition coefficient (Wildman–Crippen LogP) is 0.501. The summed E-state index contributed by atoms with van der Waals surface area (Å²) in [6, 6.07) is -0.883. The molecule has 0 aromatic carbocycles. The maximum Gasteiger partial charge on any atom is 0.320 e. The van der Waals surface area contributed by atoms with Gasteiger partial charge in [-0.2, -0.15) is 0 Å². The van der Waals surface area contributed by atoms with Crippen LogP contribution in [0.4, 0.5) is 0 Å². The molecule has 116 valence electrons. The molecule has 1 amide bonds. The lowest BCUT2D eigenvalue weighted by atomic mass is 9.98. The summed E-state index contributed by atoms with van der Waals surface area (Å²) in [5.41, 5.74) is 5.35. The fraction of sp³-hybridized carbons (Fsp3) is 0.769.